The van der Waals surface area contributed by atoms with E-state index in [1.54, 1.807) is 4.57 Å². The van der Waals surface area contributed by atoms with Crippen molar-refractivity contribution in [1.29, 1.82) is 5.41 Å². The Bertz CT molecular complexity index is 584. The van der Waals surface area contributed by atoms with Gasteiger partial charge < -0.3 is 15.5 Å². The van der Waals surface area contributed by atoms with E-state index in [9.17, 15) is 0 Å². The molecule has 2 rings (SSSR count). The number of nitrogen functional groups attached to an aromatic ring is 1. The molecule has 0 amide bonds. The maximum absolute atomic E-state index is 7.82. The molecule has 0 spiro atoms. The lowest BCUT2D eigenvalue weighted by molar-refractivity contribution is 0.386. The number of aromatic nitrogens is 4. The minimum atomic E-state index is 0.123. The summed E-state index contributed by atoms with van der Waals surface area (Å²) in [5.74, 6) is 0.476. The van der Waals surface area contributed by atoms with E-state index >= 15 is 0 Å². The summed E-state index contributed by atoms with van der Waals surface area (Å²) < 4.78 is 6.65. The van der Waals surface area contributed by atoms with Gasteiger partial charge in [0, 0.05) is 6.54 Å². The first-order valence-electron chi connectivity index (χ1n) is 5.52. The van der Waals surface area contributed by atoms with Crippen LogP contribution in [0.5, 0.6) is 6.01 Å². The van der Waals surface area contributed by atoms with Crippen molar-refractivity contribution in [2.24, 2.45) is 0 Å². The molecule has 7 nitrogen and oxygen atoms in total. The molecule has 0 aliphatic heterocycles. The van der Waals surface area contributed by atoms with Gasteiger partial charge in [-0.1, -0.05) is 13.3 Å². The smallest absolute Gasteiger partial charge is 0.295 e. The topological polar surface area (TPSA) is 106 Å². The van der Waals surface area contributed by atoms with Crippen molar-refractivity contribution in [2.75, 3.05) is 12.8 Å². The molecule has 0 aromatic carbocycles. The second-order valence-corrected chi connectivity index (χ2v) is 3.77. The highest BCUT2D eigenvalue weighted by molar-refractivity contribution is 5.81. The minimum absolute atomic E-state index is 0.123. The lowest BCUT2D eigenvalue weighted by atomic mass is 10.3. The Morgan fingerprint density at radius 2 is 2.24 bits per heavy atom. The maximum atomic E-state index is 7.82. The Labute approximate surface area is 98.2 Å². The van der Waals surface area contributed by atoms with Gasteiger partial charge >= 0.3 is 0 Å². The number of nitrogens with one attached hydrogen (secondary N) is 2. The number of ether oxygens (including phenoxy) is 1. The summed E-state index contributed by atoms with van der Waals surface area (Å²) in [5, 5.41) is 7.82. The van der Waals surface area contributed by atoms with Gasteiger partial charge in [-0.2, -0.15) is 9.97 Å². The zero-order chi connectivity index (χ0) is 12.4. The fraction of sp³-hybridized carbons (Fsp3) is 0.500. The number of H-pyrrole nitrogens is 1. The highest BCUT2D eigenvalue weighted by atomic mass is 16.5. The molecule has 2 aromatic heterocycles. The predicted octanol–water partition coefficient (Wildman–Crippen LogP) is 0.630. The van der Waals surface area contributed by atoms with Crippen LogP contribution in [0.1, 0.15) is 19.8 Å². The van der Waals surface area contributed by atoms with Crippen LogP contribution in [0.2, 0.25) is 0 Å². The third-order valence-corrected chi connectivity index (χ3v) is 2.61. The Hall–Kier alpha value is -2.05. The summed E-state index contributed by atoms with van der Waals surface area (Å²) in [7, 11) is 1.51. The van der Waals surface area contributed by atoms with Crippen molar-refractivity contribution in [1.82, 2.24) is 19.5 Å². The van der Waals surface area contributed by atoms with E-state index in [0.29, 0.717) is 29.5 Å². The summed E-state index contributed by atoms with van der Waals surface area (Å²) in [6.45, 7) is 2.77. The van der Waals surface area contributed by atoms with Crippen LogP contribution in [-0.2, 0) is 6.54 Å². The van der Waals surface area contributed by atoms with Crippen LogP contribution in [0.3, 0.4) is 0 Å². The first-order valence-corrected chi connectivity index (χ1v) is 5.52. The van der Waals surface area contributed by atoms with E-state index < -0.39 is 0 Å². The van der Waals surface area contributed by atoms with Gasteiger partial charge in [-0.15, -0.1) is 0 Å². The van der Waals surface area contributed by atoms with E-state index in [1.807, 2.05) is 0 Å². The summed E-state index contributed by atoms with van der Waals surface area (Å²) in [6.07, 6.45) is 2.00. The van der Waals surface area contributed by atoms with Gasteiger partial charge in [0.1, 0.15) is 11.3 Å². The monoisotopic (exact) mass is 236 g/mol. The average Bonchev–Trinajstić information content (AvgIpc) is 2.72. The number of imidazole rings is 1. The molecule has 7 heteroatoms. The Morgan fingerprint density at radius 1 is 1.47 bits per heavy atom. The normalized spacial score (nSPS) is 10.9. The summed E-state index contributed by atoms with van der Waals surface area (Å²) in [4.78, 5) is 11.1. The minimum Gasteiger partial charge on any atom is -0.468 e. The number of methoxy groups -OCH3 is 1. The molecule has 0 atom stereocenters. The molecular formula is C10H16N6O. The number of aromatic amines is 1. The molecule has 0 aliphatic carbocycles. The Morgan fingerprint density at radius 3 is 2.88 bits per heavy atom. The van der Waals surface area contributed by atoms with Crippen molar-refractivity contribution >= 4 is 17.0 Å². The molecule has 2 heterocycles. The molecule has 0 saturated carbocycles. The van der Waals surface area contributed by atoms with Crippen LogP contribution < -0.4 is 16.1 Å². The number of anilines is 1. The third-order valence-electron chi connectivity index (χ3n) is 2.61. The molecule has 0 unspecified atom stereocenters. The van der Waals surface area contributed by atoms with E-state index in [-0.39, 0.29) is 5.62 Å². The lowest BCUT2D eigenvalue weighted by Gasteiger charge is -2.09. The Kier molecular flexibility index (Phi) is 2.99. The number of fused-ring (bicyclic) bond motifs is 1. The molecule has 0 bridgehead atoms. The summed E-state index contributed by atoms with van der Waals surface area (Å²) >= 11 is 0. The number of nitrogens with zero attached hydrogens (tertiary/aromatic N) is 3. The molecule has 2 aromatic rings. The molecule has 0 aliphatic rings. The van der Waals surface area contributed by atoms with E-state index in [2.05, 4.69) is 21.9 Å². The maximum Gasteiger partial charge on any atom is 0.295 e. The SMILES string of the molecule is CCCCn1c(N)c2[nH]c(OC)nc2nc1=N. The van der Waals surface area contributed by atoms with Crippen molar-refractivity contribution in [2.45, 2.75) is 26.3 Å². The van der Waals surface area contributed by atoms with E-state index in [0.717, 1.165) is 12.8 Å². The molecule has 0 saturated heterocycles. The third kappa shape index (κ3) is 1.95. The van der Waals surface area contributed by atoms with Crippen LogP contribution >= 0.6 is 0 Å². The van der Waals surface area contributed by atoms with Gasteiger partial charge in [0.05, 0.1) is 7.11 Å². The zero-order valence-electron chi connectivity index (χ0n) is 9.95. The van der Waals surface area contributed by atoms with Crippen molar-refractivity contribution in [3.8, 4) is 6.01 Å². The number of hydrogen-bond acceptors (Lipinski definition) is 5. The van der Waals surface area contributed by atoms with Gasteiger partial charge in [-0.25, -0.2) is 0 Å². The van der Waals surface area contributed by atoms with E-state index in [4.69, 9.17) is 15.9 Å². The molecule has 92 valence electrons. The van der Waals surface area contributed by atoms with Gasteiger partial charge in [-0.3, -0.25) is 9.98 Å². The first-order chi connectivity index (χ1) is 8.17. The van der Waals surface area contributed by atoms with Gasteiger partial charge in [0.2, 0.25) is 5.62 Å². The van der Waals surface area contributed by atoms with Gasteiger partial charge in [0.25, 0.3) is 6.01 Å². The molecule has 17 heavy (non-hydrogen) atoms. The number of rotatable bonds is 4. The van der Waals surface area contributed by atoms with Gasteiger partial charge in [0.15, 0.2) is 5.65 Å². The van der Waals surface area contributed by atoms with Crippen molar-refractivity contribution < 1.29 is 4.74 Å². The number of hydrogen-bond donors (Lipinski definition) is 3. The second-order valence-electron chi connectivity index (χ2n) is 3.77. The van der Waals surface area contributed by atoms with Crippen molar-refractivity contribution in [3.05, 3.63) is 5.62 Å². The molecule has 4 N–H and O–H groups in total. The van der Waals surface area contributed by atoms with Gasteiger partial charge in [-0.05, 0) is 6.42 Å². The zero-order valence-corrected chi connectivity index (χ0v) is 9.95. The fourth-order valence-electron chi connectivity index (χ4n) is 1.65. The lowest BCUT2D eigenvalue weighted by Crippen LogP contribution is -2.26. The summed E-state index contributed by atoms with van der Waals surface area (Å²) in [5.41, 5.74) is 7.16. The number of nitrogens with two attached hydrogens (primary N) is 1. The standard InChI is InChI=1S/C10H16N6O/c1-3-4-5-16-7(11)6-8(14-9(16)12)15-10(13-6)17-2/h3-5,11H2,1-2H3,(H2,12,13,14,15). The fourth-order valence-corrected chi connectivity index (χ4v) is 1.65. The van der Waals surface area contributed by atoms with E-state index in [1.165, 1.54) is 7.11 Å². The van der Waals surface area contributed by atoms with Crippen LogP contribution in [0.25, 0.3) is 11.2 Å². The number of unbranched alkanes of at least 4 members (excludes halogenated alkanes) is 1. The Balaban J connectivity index is 2.57. The quantitative estimate of drug-likeness (QED) is 0.723. The van der Waals surface area contributed by atoms with Crippen LogP contribution in [0.15, 0.2) is 0 Å². The molecule has 0 radical (unpaired) electrons. The average molecular weight is 236 g/mol. The molecule has 0 fully saturated rings. The van der Waals surface area contributed by atoms with Crippen LogP contribution in [-0.4, -0.2) is 26.6 Å². The highest BCUT2D eigenvalue weighted by Gasteiger charge is 2.11. The van der Waals surface area contributed by atoms with Crippen LogP contribution in [0.4, 0.5) is 5.82 Å². The van der Waals surface area contributed by atoms with Crippen molar-refractivity contribution in [3.63, 3.8) is 0 Å². The molecular weight excluding hydrogens is 220 g/mol. The predicted molar refractivity (Wildman–Crippen MR) is 63.6 cm³/mol. The first kappa shape index (κ1) is 11.4. The highest BCUT2D eigenvalue weighted by Crippen LogP contribution is 2.18. The van der Waals surface area contributed by atoms with Crippen LogP contribution in [0, 0.1) is 5.41 Å². The largest absolute Gasteiger partial charge is 0.468 e. The summed E-state index contributed by atoms with van der Waals surface area (Å²) in [6, 6.07) is 0.354. The second kappa shape index (κ2) is 4.44.